The summed E-state index contributed by atoms with van der Waals surface area (Å²) in [7, 11) is 0. The van der Waals surface area contributed by atoms with Crippen molar-refractivity contribution in [3.05, 3.63) is 42.2 Å². The number of nitrogens with zero attached hydrogens (tertiary/aromatic N) is 3. The quantitative estimate of drug-likeness (QED) is 0.931. The van der Waals surface area contributed by atoms with E-state index in [0.29, 0.717) is 0 Å². The molecule has 1 aromatic heterocycles. The van der Waals surface area contributed by atoms with Crippen LogP contribution in [0.1, 0.15) is 50.8 Å². The van der Waals surface area contributed by atoms with Gasteiger partial charge in [-0.05, 0) is 30.4 Å². The van der Waals surface area contributed by atoms with Gasteiger partial charge in [0.05, 0.1) is 23.6 Å². The first kappa shape index (κ1) is 13.3. The van der Waals surface area contributed by atoms with E-state index in [9.17, 15) is 0 Å². The Hall–Kier alpha value is -1.68. The van der Waals surface area contributed by atoms with Gasteiger partial charge in [-0.3, -0.25) is 0 Å². The Morgan fingerprint density at radius 2 is 1.85 bits per heavy atom. The van der Waals surface area contributed by atoms with E-state index in [1.54, 1.807) is 0 Å². The van der Waals surface area contributed by atoms with E-state index in [4.69, 9.17) is 5.73 Å². The van der Waals surface area contributed by atoms with Crippen LogP contribution in [-0.4, -0.2) is 15.0 Å². The summed E-state index contributed by atoms with van der Waals surface area (Å²) in [6.45, 7) is 2.30. The van der Waals surface area contributed by atoms with Gasteiger partial charge < -0.3 is 5.73 Å². The molecule has 20 heavy (non-hydrogen) atoms. The lowest BCUT2D eigenvalue weighted by atomic mass is 9.70. The maximum Gasteiger partial charge on any atom is 0.0818 e. The van der Waals surface area contributed by atoms with Crippen LogP contribution in [0.5, 0.6) is 0 Å². The monoisotopic (exact) mass is 270 g/mol. The molecular formula is C16H22N4. The molecule has 0 amide bonds. The number of hydrogen-bond donors (Lipinski definition) is 1. The number of rotatable bonds is 3. The van der Waals surface area contributed by atoms with Crippen molar-refractivity contribution in [3.8, 4) is 5.69 Å². The summed E-state index contributed by atoms with van der Waals surface area (Å²) in [5.41, 5.74) is 8.78. The fourth-order valence-corrected chi connectivity index (χ4v) is 3.25. The van der Waals surface area contributed by atoms with Crippen LogP contribution in [0.15, 0.2) is 36.5 Å². The highest BCUT2D eigenvalue weighted by molar-refractivity contribution is 5.32. The SMILES string of the molecule is CC1(C(N)c2cnnn2-c2ccccc2)CCCCC1. The lowest BCUT2D eigenvalue weighted by Crippen LogP contribution is -2.35. The Balaban J connectivity index is 1.93. The van der Waals surface area contributed by atoms with Crippen LogP contribution in [0.25, 0.3) is 5.69 Å². The second-order valence-electron chi connectivity index (χ2n) is 6.10. The van der Waals surface area contributed by atoms with Crippen molar-refractivity contribution in [1.29, 1.82) is 0 Å². The molecule has 4 heteroatoms. The zero-order valence-corrected chi connectivity index (χ0v) is 12.0. The fraction of sp³-hybridized carbons (Fsp3) is 0.500. The van der Waals surface area contributed by atoms with Crippen LogP contribution in [0.3, 0.4) is 0 Å². The number of hydrogen-bond acceptors (Lipinski definition) is 3. The molecule has 0 radical (unpaired) electrons. The van der Waals surface area contributed by atoms with E-state index in [2.05, 4.69) is 17.2 Å². The summed E-state index contributed by atoms with van der Waals surface area (Å²) >= 11 is 0. The number of para-hydroxylation sites is 1. The average Bonchev–Trinajstić information content (AvgIpc) is 2.97. The van der Waals surface area contributed by atoms with Crippen molar-refractivity contribution in [2.45, 2.75) is 45.1 Å². The highest BCUT2D eigenvalue weighted by atomic mass is 15.4. The third-order valence-corrected chi connectivity index (χ3v) is 4.64. The maximum absolute atomic E-state index is 6.59. The molecule has 2 N–H and O–H groups in total. The van der Waals surface area contributed by atoms with Gasteiger partial charge in [0, 0.05) is 0 Å². The molecule has 2 aromatic rings. The first-order valence-corrected chi connectivity index (χ1v) is 7.42. The van der Waals surface area contributed by atoms with Gasteiger partial charge >= 0.3 is 0 Å². The van der Waals surface area contributed by atoms with Crippen molar-refractivity contribution in [3.63, 3.8) is 0 Å². The second kappa shape index (κ2) is 5.37. The highest BCUT2D eigenvalue weighted by Crippen LogP contribution is 2.44. The predicted molar refractivity (Wildman–Crippen MR) is 79.5 cm³/mol. The molecule has 1 aliphatic carbocycles. The molecule has 0 saturated heterocycles. The smallest absolute Gasteiger partial charge is 0.0818 e. The zero-order chi connectivity index (χ0) is 14.0. The van der Waals surface area contributed by atoms with Gasteiger partial charge in [0.1, 0.15) is 0 Å². The minimum Gasteiger partial charge on any atom is -0.322 e. The minimum absolute atomic E-state index is 0.0157. The normalized spacial score (nSPS) is 19.7. The first-order valence-electron chi connectivity index (χ1n) is 7.42. The van der Waals surface area contributed by atoms with Crippen LogP contribution < -0.4 is 5.73 Å². The van der Waals surface area contributed by atoms with Gasteiger partial charge in [-0.15, -0.1) is 5.10 Å². The largest absolute Gasteiger partial charge is 0.322 e. The molecule has 3 rings (SSSR count). The van der Waals surface area contributed by atoms with Crippen LogP contribution in [0.2, 0.25) is 0 Å². The van der Waals surface area contributed by atoms with Crippen LogP contribution >= 0.6 is 0 Å². The molecule has 0 bridgehead atoms. The fourth-order valence-electron chi connectivity index (χ4n) is 3.25. The van der Waals surface area contributed by atoms with E-state index < -0.39 is 0 Å². The minimum atomic E-state index is -0.0157. The lowest BCUT2D eigenvalue weighted by molar-refractivity contribution is 0.166. The third kappa shape index (κ3) is 2.36. The lowest BCUT2D eigenvalue weighted by Gasteiger charge is -2.38. The molecule has 106 valence electrons. The highest BCUT2D eigenvalue weighted by Gasteiger charge is 2.36. The van der Waals surface area contributed by atoms with Crippen molar-refractivity contribution in [1.82, 2.24) is 15.0 Å². The van der Waals surface area contributed by atoms with Gasteiger partial charge in [-0.25, -0.2) is 4.68 Å². The standard InChI is InChI=1S/C16H22N4/c1-16(10-6-3-7-11-16)15(17)14-12-18-19-20(14)13-8-4-2-5-9-13/h2,4-5,8-9,12,15H,3,6-7,10-11,17H2,1H3. The summed E-state index contributed by atoms with van der Waals surface area (Å²) < 4.78 is 1.88. The Bertz CT molecular complexity index is 555. The van der Waals surface area contributed by atoms with Gasteiger partial charge in [-0.1, -0.05) is 49.6 Å². The van der Waals surface area contributed by atoms with Crippen molar-refractivity contribution >= 4 is 0 Å². The van der Waals surface area contributed by atoms with E-state index in [1.807, 2.05) is 41.2 Å². The third-order valence-electron chi connectivity index (χ3n) is 4.64. The number of benzene rings is 1. The van der Waals surface area contributed by atoms with Gasteiger partial charge in [-0.2, -0.15) is 0 Å². The van der Waals surface area contributed by atoms with E-state index in [1.165, 1.54) is 32.1 Å². The Labute approximate surface area is 120 Å². The van der Waals surface area contributed by atoms with Crippen LogP contribution in [-0.2, 0) is 0 Å². The molecule has 1 saturated carbocycles. The second-order valence-corrected chi connectivity index (χ2v) is 6.10. The molecule has 1 fully saturated rings. The van der Waals surface area contributed by atoms with E-state index in [0.717, 1.165) is 11.4 Å². The summed E-state index contributed by atoms with van der Waals surface area (Å²) in [6, 6.07) is 10.1. The van der Waals surface area contributed by atoms with Gasteiger partial charge in [0.2, 0.25) is 0 Å². The molecule has 0 spiro atoms. The van der Waals surface area contributed by atoms with Crippen LogP contribution in [0.4, 0.5) is 0 Å². The van der Waals surface area contributed by atoms with Crippen molar-refractivity contribution < 1.29 is 0 Å². The average molecular weight is 270 g/mol. The van der Waals surface area contributed by atoms with Gasteiger partial charge in [0.15, 0.2) is 0 Å². The van der Waals surface area contributed by atoms with E-state index >= 15 is 0 Å². The summed E-state index contributed by atoms with van der Waals surface area (Å²) in [5.74, 6) is 0. The number of aromatic nitrogens is 3. The predicted octanol–water partition coefficient (Wildman–Crippen LogP) is 3.24. The summed E-state index contributed by atoms with van der Waals surface area (Å²) in [4.78, 5) is 0. The first-order chi connectivity index (χ1) is 9.71. The molecule has 4 nitrogen and oxygen atoms in total. The maximum atomic E-state index is 6.59. The molecule has 1 unspecified atom stereocenters. The van der Waals surface area contributed by atoms with Crippen molar-refractivity contribution in [2.24, 2.45) is 11.1 Å². The Morgan fingerprint density at radius 1 is 1.15 bits per heavy atom. The Kier molecular flexibility index (Phi) is 3.57. The van der Waals surface area contributed by atoms with Crippen LogP contribution in [0, 0.1) is 5.41 Å². The van der Waals surface area contributed by atoms with Gasteiger partial charge in [0.25, 0.3) is 0 Å². The summed E-state index contributed by atoms with van der Waals surface area (Å²) in [5, 5.41) is 8.30. The van der Waals surface area contributed by atoms with E-state index in [-0.39, 0.29) is 11.5 Å². The molecule has 1 aromatic carbocycles. The topological polar surface area (TPSA) is 56.7 Å². The molecule has 1 heterocycles. The summed E-state index contributed by atoms with van der Waals surface area (Å²) in [6.07, 6.45) is 8.08. The Morgan fingerprint density at radius 3 is 2.55 bits per heavy atom. The molecule has 1 aliphatic rings. The molecular weight excluding hydrogens is 248 g/mol. The zero-order valence-electron chi connectivity index (χ0n) is 12.0. The van der Waals surface area contributed by atoms with Crippen molar-refractivity contribution in [2.75, 3.05) is 0 Å². The number of nitrogens with two attached hydrogens (primary N) is 1. The molecule has 0 aliphatic heterocycles. The molecule has 1 atom stereocenters.